The number of thioether (sulfide) groups is 1. The molecule has 1 atom stereocenters. The van der Waals surface area contributed by atoms with Gasteiger partial charge in [0.15, 0.2) is 5.96 Å². The lowest BCUT2D eigenvalue weighted by atomic mass is 10.2. The molecule has 1 aliphatic rings. The summed E-state index contributed by atoms with van der Waals surface area (Å²) in [5.74, 6) is 2.37. The van der Waals surface area contributed by atoms with E-state index in [2.05, 4.69) is 42.1 Å². The monoisotopic (exact) mass is 442 g/mol. The fourth-order valence-corrected chi connectivity index (χ4v) is 3.43. The number of guanidine groups is 1. The molecular weight excluding hydrogens is 407 g/mol. The van der Waals surface area contributed by atoms with Crippen LogP contribution in [0, 0.1) is 0 Å². The number of aliphatic imine (C=N–C) groups is 1. The van der Waals surface area contributed by atoms with Gasteiger partial charge in [0.1, 0.15) is 0 Å². The van der Waals surface area contributed by atoms with Gasteiger partial charge in [-0.3, -0.25) is 9.89 Å². The van der Waals surface area contributed by atoms with Crippen molar-refractivity contribution in [1.82, 2.24) is 15.1 Å². The first-order chi connectivity index (χ1) is 10.3. The number of hydrogen-bond donors (Lipinski definition) is 1. The van der Waals surface area contributed by atoms with Crippen LogP contribution in [0.5, 0.6) is 0 Å². The summed E-state index contributed by atoms with van der Waals surface area (Å²) in [6.07, 6.45) is 5.90. The molecule has 1 N–H and O–H groups in total. The van der Waals surface area contributed by atoms with Crippen LogP contribution < -0.4 is 5.32 Å². The minimum absolute atomic E-state index is 0. The molecular formula is C16H35IN4S. The Morgan fingerprint density at radius 1 is 1.27 bits per heavy atom. The second-order valence-electron chi connectivity index (χ2n) is 5.55. The van der Waals surface area contributed by atoms with Gasteiger partial charge in [-0.2, -0.15) is 11.8 Å². The third-order valence-electron chi connectivity index (χ3n) is 4.14. The summed E-state index contributed by atoms with van der Waals surface area (Å²) in [5, 5.41) is 3.46. The van der Waals surface area contributed by atoms with Crippen molar-refractivity contribution in [1.29, 1.82) is 0 Å². The molecule has 0 saturated carbocycles. The average molecular weight is 442 g/mol. The Kier molecular flexibility index (Phi) is 13.9. The number of halogens is 1. The third kappa shape index (κ3) is 7.73. The molecule has 0 amide bonds. The van der Waals surface area contributed by atoms with Gasteiger partial charge in [-0.15, -0.1) is 24.0 Å². The highest BCUT2D eigenvalue weighted by Crippen LogP contribution is 2.15. The summed E-state index contributed by atoms with van der Waals surface area (Å²) >= 11 is 1.92. The number of likely N-dealkylation sites (tertiary alicyclic amines) is 1. The molecule has 0 aromatic carbocycles. The molecule has 22 heavy (non-hydrogen) atoms. The summed E-state index contributed by atoms with van der Waals surface area (Å²) in [7, 11) is 0. The quantitative estimate of drug-likeness (QED) is 0.257. The molecule has 1 rings (SSSR count). The molecule has 1 aliphatic heterocycles. The van der Waals surface area contributed by atoms with E-state index < -0.39 is 0 Å². The second-order valence-corrected chi connectivity index (χ2v) is 6.53. The normalized spacial score (nSPS) is 18.7. The Balaban J connectivity index is 0.00000441. The number of nitrogens with zero attached hydrogens (tertiary/aromatic N) is 3. The van der Waals surface area contributed by atoms with Crippen LogP contribution in [-0.2, 0) is 0 Å². The molecule has 0 radical (unpaired) electrons. The summed E-state index contributed by atoms with van der Waals surface area (Å²) in [6, 6.07) is 0.695. The van der Waals surface area contributed by atoms with Crippen molar-refractivity contribution >= 4 is 41.7 Å². The van der Waals surface area contributed by atoms with Crippen LogP contribution in [0.1, 0.15) is 40.0 Å². The van der Waals surface area contributed by atoms with Crippen molar-refractivity contribution in [3.63, 3.8) is 0 Å². The molecule has 1 heterocycles. The van der Waals surface area contributed by atoms with E-state index in [-0.39, 0.29) is 24.0 Å². The van der Waals surface area contributed by atoms with E-state index in [0.29, 0.717) is 6.04 Å². The van der Waals surface area contributed by atoms with E-state index in [9.17, 15) is 0 Å². The number of hydrogen-bond acceptors (Lipinski definition) is 3. The number of rotatable bonds is 9. The maximum absolute atomic E-state index is 4.82. The SMILES string of the molecule is CCNC(=NCCCCSC)N1CCC(N(CC)CC)C1.I. The van der Waals surface area contributed by atoms with Crippen molar-refractivity contribution in [2.45, 2.75) is 46.1 Å². The average Bonchev–Trinajstić information content (AvgIpc) is 2.97. The second kappa shape index (κ2) is 13.7. The van der Waals surface area contributed by atoms with Crippen LogP contribution in [-0.4, -0.2) is 73.1 Å². The Labute approximate surface area is 158 Å². The van der Waals surface area contributed by atoms with E-state index in [1.807, 2.05) is 11.8 Å². The van der Waals surface area contributed by atoms with Gasteiger partial charge in [-0.05, 0) is 51.3 Å². The predicted molar refractivity (Wildman–Crippen MR) is 112 cm³/mol. The smallest absolute Gasteiger partial charge is 0.193 e. The molecule has 1 unspecified atom stereocenters. The van der Waals surface area contributed by atoms with Gasteiger partial charge in [0, 0.05) is 32.2 Å². The van der Waals surface area contributed by atoms with E-state index in [0.717, 1.165) is 45.2 Å². The van der Waals surface area contributed by atoms with Gasteiger partial charge in [0.25, 0.3) is 0 Å². The van der Waals surface area contributed by atoms with Gasteiger partial charge in [0.2, 0.25) is 0 Å². The summed E-state index contributed by atoms with van der Waals surface area (Å²) in [6.45, 7) is 13.1. The maximum atomic E-state index is 4.82. The van der Waals surface area contributed by atoms with E-state index in [4.69, 9.17) is 4.99 Å². The lowest BCUT2D eigenvalue weighted by Gasteiger charge is -2.27. The first kappa shape index (κ1) is 22.3. The highest BCUT2D eigenvalue weighted by atomic mass is 127. The Morgan fingerprint density at radius 2 is 2.00 bits per heavy atom. The van der Waals surface area contributed by atoms with Crippen molar-refractivity contribution in [2.24, 2.45) is 4.99 Å². The zero-order chi connectivity index (χ0) is 15.5. The van der Waals surface area contributed by atoms with E-state index in [1.165, 1.54) is 25.0 Å². The van der Waals surface area contributed by atoms with Crippen LogP contribution in [0.15, 0.2) is 4.99 Å². The number of likely N-dealkylation sites (N-methyl/N-ethyl adjacent to an activating group) is 1. The van der Waals surface area contributed by atoms with Crippen molar-refractivity contribution in [3.8, 4) is 0 Å². The minimum atomic E-state index is 0. The lowest BCUT2D eigenvalue weighted by Crippen LogP contribution is -2.43. The van der Waals surface area contributed by atoms with Gasteiger partial charge >= 0.3 is 0 Å². The Bertz CT molecular complexity index is 298. The fraction of sp³-hybridized carbons (Fsp3) is 0.938. The fourth-order valence-electron chi connectivity index (χ4n) is 2.94. The maximum Gasteiger partial charge on any atom is 0.193 e. The van der Waals surface area contributed by atoms with Crippen molar-refractivity contribution < 1.29 is 0 Å². The molecule has 6 heteroatoms. The van der Waals surface area contributed by atoms with Crippen LogP contribution in [0.25, 0.3) is 0 Å². The summed E-state index contributed by atoms with van der Waals surface area (Å²) in [5.41, 5.74) is 0. The predicted octanol–water partition coefficient (Wildman–Crippen LogP) is 3.13. The number of unbranched alkanes of at least 4 members (excludes halogenated alkanes) is 1. The van der Waals surface area contributed by atoms with Crippen molar-refractivity contribution in [2.75, 3.05) is 51.3 Å². The molecule has 0 spiro atoms. The molecule has 1 fully saturated rings. The third-order valence-corrected chi connectivity index (χ3v) is 4.84. The Hall–Kier alpha value is 0.310. The molecule has 0 aromatic heterocycles. The topological polar surface area (TPSA) is 30.9 Å². The first-order valence-electron chi connectivity index (χ1n) is 8.52. The summed E-state index contributed by atoms with van der Waals surface area (Å²) < 4.78 is 0. The van der Waals surface area contributed by atoms with Crippen LogP contribution in [0.3, 0.4) is 0 Å². The van der Waals surface area contributed by atoms with Gasteiger partial charge in [-0.25, -0.2) is 0 Å². The first-order valence-corrected chi connectivity index (χ1v) is 9.92. The van der Waals surface area contributed by atoms with Crippen LogP contribution in [0.2, 0.25) is 0 Å². The van der Waals surface area contributed by atoms with Gasteiger partial charge < -0.3 is 10.2 Å². The zero-order valence-electron chi connectivity index (χ0n) is 14.8. The molecule has 4 nitrogen and oxygen atoms in total. The van der Waals surface area contributed by atoms with Crippen LogP contribution >= 0.6 is 35.7 Å². The molecule has 1 saturated heterocycles. The molecule has 0 aliphatic carbocycles. The number of nitrogens with one attached hydrogen (secondary N) is 1. The van der Waals surface area contributed by atoms with Gasteiger partial charge in [0.05, 0.1) is 0 Å². The lowest BCUT2D eigenvalue weighted by molar-refractivity contribution is 0.223. The van der Waals surface area contributed by atoms with E-state index >= 15 is 0 Å². The van der Waals surface area contributed by atoms with Crippen LogP contribution in [0.4, 0.5) is 0 Å². The minimum Gasteiger partial charge on any atom is -0.357 e. The zero-order valence-corrected chi connectivity index (χ0v) is 18.0. The molecule has 0 aromatic rings. The van der Waals surface area contributed by atoms with Gasteiger partial charge in [-0.1, -0.05) is 13.8 Å². The highest BCUT2D eigenvalue weighted by molar-refractivity contribution is 14.0. The highest BCUT2D eigenvalue weighted by Gasteiger charge is 2.27. The van der Waals surface area contributed by atoms with E-state index in [1.54, 1.807) is 0 Å². The largest absolute Gasteiger partial charge is 0.357 e. The van der Waals surface area contributed by atoms with Crippen molar-refractivity contribution in [3.05, 3.63) is 0 Å². The standard InChI is InChI=1S/C16H34N4S.HI/c1-5-17-16(18-11-8-9-13-21-4)20-12-10-15(14-20)19(6-2)7-3;/h15H,5-14H2,1-4H3,(H,17,18);1H. The Morgan fingerprint density at radius 3 is 2.59 bits per heavy atom. The summed E-state index contributed by atoms with van der Waals surface area (Å²) in [4.78, 5) is 9.83. The molecule has 0 bridgehead atoms. The molecule has 132 valence electrons.